The number of aromatic nitrogens is 2. The molecule has 0 radical (unpaired) electrons. The molecule has 19 heteroatoms. The number of nitrogens with one attached hydrogen (secondary N) is 3. The number of ether oxygens (including phenoxy) is 4. The number of pyridine rings is 2. The third kappa shape index (κ3) is 8.75. The Kier molecular flexibility index (Phi) is 12.2. The number of fused-ring (bicyclic) bond motifs is 2. The molecule has 0 saturated carbocycles. The summed E-state index contributed by atoms with van der Waals surface area (Å²) in [6, 6.07) is 20.2. The number of sulfonamides is 1. The lowest BCUT2D eigenvalue weighted by Crippen LogP contribution is -2.54. The van der Waals surface area contributed by atoms with Gasteiger partial charge in [0.25, 0.3) is 21.8 Å². The maximum atomic E-state index is 14.5. The Morgan fingerprint density at radius 3 is 2.38 bits per heavy atom. The van der Waals surface area contributed by atoms with E-state index in [1.54, 1.807) is 30.5 Å². The van der Waals surface area contributed by atoms with Crippen LogP contribution < -0.4 is 29.6 Å². The Morgan fingerprint density at radius 2 is 1.59 bits per heavy atom. The van der Waals surface area contributed by atoms with Gasteiger partial charge in [-0.2, -0.15) is 0 Å². The Labute approximate surface area is 364 Å². The van der Waals surface area contributed by atoms with Crippen molar-refractivity contribution in [3.8, 4) is 39.6 Å². The lowest BCUT2D eigenvalue weighted by molar-refractivity contribution is -0.136. The second-order valence-corrected chi connectivity index (χ2v) is 16.2. The summed E-state index contributed by atoms with van der Waals surface area (Å²) in [6.07, 6.45) is 3.30. The maximum absolute atomic E-state index is 14.5. The minimum Gasteiger partial charge on any atom is -0.493 e. The van der Waals surface area contributed by atoms with Crippen LogP contribution in [-0.2, 0) is 24.3 Å². The second kappa shape index (κ2) is 18.1. The Morgan fingerprint density at radius 1 is 0.781 bits per heavy atom. The zero-order valence-electron chi connectivity index (χ0n) is 34.1. The largest absolute Gasteiger partial charge is 0.493 e. The van der Waals surface area contributed by atoms with E-state index < -0.39 is 56.2 Å². The minimum absolute atomic E-state index is 0.0392. The molecule has 6 aromatic rings. The van der Waals surface area contributed by atoms with Crippen LogP contribution in [0.15, 0.2) is 102 Å². The van der Waals surface area contributed by atoms with E-state index in [0.29, 0.717) is 53.0 Å². The number of hydrogen-bond donors (Lipinski definition) is 3. The van der Waals surface area contributed by atoms with Gasteiger partial charge in [0, 0.05) is 48.1 Å². The molecule has 1 fully saturated rings. The van der Waals surface area contributed by atoms with E-state index in [1.165, 1.54) is 32.5 Å². The van der Waals surface area contributed by atoms with Crippen LogP contribution in [0.4, 0.5) is 20.2 Å². The van der Waals surface area contributed by atoms with Gasteiger partial charge in [0.15, 0.2) is 11.5 Å². The third-order valence-corrected chi connectivity index (χ3v) is 11.9. The van der Waals surface area contributed by atoms with Gasteiger partial charge < -0.3 is 24.3 Å². The fourth-order valence-electron chi connectivity index (χ4n) is 7.43. The molecular weight excluding hydrogens is 855 g/mol. The summed E-state index contributed by atoms with van der Waals surface area (Å²) in [5.41, 5.74) is 4.33. The third-order valence-electron chi connectivity index (χ3n) is 10.5. The quantitative estimate of drug-likeness (QED) is 0.0758. The molecule has 4 amide bonds. The molecule has 1 saturated heterocycles. The van der Waals surface area contributed by atoms with Crippen LogP contribution in [0, 0.1) is 11.6 Å². The summed E-state index contributed by atoms with van der Waals surface area (Å²) in [7, 11) is -1.66. The molecule has 4 heterocycles. The highest BCUT2D eigenvalue weighted by Gasteiger charge is 2.44. The predicted molar refractivity (Wildman–Crippen MR) is 229 cm³/mol. The zero-order valence-corrected chi connectivity index (χ0v) is 35.0. The van der Waals surface area contributed by atoms with Gasteiger partial charge in [-0.1, -0.05) is 12.1 Å². The summed E-state index contributed by atoms with van der Waals surface area (Å²) in [5.74, 6) is -3.56. The minimum atomic E-state index is -4.50. The Bertz CT molecular complexity index is 2970. The summed E-state index contributed by atoms with van der Waals surface area (Å²) in [5, 5.41) is 6.11. The SMILES string of the molecule is COc1cc(-c2ccnc3ccc(-c4cnc(OC)c(NS(=O)(=O)c5ccc(F)cc5F)c4)cc23)ccc1OCCOCCNc1ccc2c(c1)C(=O)N(C1CCC(=O)NC1=O)C2=O. The number of imide groups is 2. The van der Waals surface area contributed by atoms with E-state index in [0.717, 1.165) is 33.5 Å². The first kappa shape index (κ1) is 43.2. The van der Waals surface area contributed by atoms with Crippen LogP contribution in [-0.4, -0.2) is 93.5 Å². The Hall–Kier alpha value is -7.51. The van der Waals surface area contributed by atoms with Gasteiger partial charge in [-0.3, -0.25) is 39.1 Å². The van der Waals surface area contributed by atoms with Crippen molar-refractivity contribution < 1.29 is 55.3 Å². The number of piperidine rings is 1. The molecule has 328 valence electrons. The van der Waals surface area contributed by atoms with Crippen LogP contribution in [0.25, 0.3) is 33.2 Å². The average Bonchev–Trinajstić information content (AvgIpc) is 3.52. The molecule has 64 heavy (non-hydrogen) atoms. The van der Waals surface area contributed by atoms with Crippen molar-refractivity contribution in [3.63, 3.8) is 0 Å². The van der Waals surface area contributed by atoms with Crippen molar-refractivity contribution in [2.45, 2.75) is 23.8 Å². The molecule has 0 spiro atoms. The van der Waals surface area contributed by atoms with Crippen molar-refractivity contribution in [2.24, 2.45) is 0 Å². The summed E-state index contributed by atoms with van der Waals surface area (Å²) >= 11 is 0. The summed E-state index contributed by atoms with van der Waals surface area (Å²) < 4.78 is 79.2. The molecule has 1 unspecified atom stereocenters. The molecule has 3 N–H and O–H groups in total. The molecule has 0 bridgehead atoms. The molecule has 2 aliphatic heterocycles. The normalized spacial score (nSPS) is 14.9. The van der Waals surface area contributed by atoms with E-state index in [4.69, 9.17) is 18.9 Å². The number of anilines is 2. The standard InChI is InChI=1S/C45H38F2N6O10S/c1-60-39-21-26(4-10-38(39)63-18-17-62-16-15-48-29-6-7-31-33(23-29)45(57)53(44(31)56)37-9-12-41(54)51-42(37)55)30-13-14-49-35-8-3-25(19-32(30)35)27-20-36(43(61-2)50-24-27)52-64(58,59)40-11-5-28(46)22-34(40)47/h3-8,10-11,13-14,19-24,37,48,52H,9,12,15-18H2,1-2H3,(H,51,54,55). The highest BCUT2D eigenvalue weighted by atomic mass is 32.2. The highest BCUT2D eigenvalue weighted by molar-refractivity contribution is 7.92. The molecule has 0 aliphatic carbocycles. The number of carbonyl (C=O) groups excluding carboxylic acids is 4. The fraction of sp³-hybridized carbons (Fsp3) is 0.200. The molecular formula is C45H38F2N6O10S. The average molecular weight is 893 g/mol. The van der Waals surface area contributed by atoms with Gasteiger partial charge in [0.05, 0.1) is 44.1 Å². The smallest absolute Gasteiger partial charge is 0.264 e. The van der Waals surface area contributed by atoms with E-state index >= 15 is 0 Å². The van der Waals surface area contributed by atoms with Gasteiger partial charge in [-0.15, -0.1) is 0 Å². The first-order valence-corrected chi connectivity index (χ1v) is 21.2. The summed E-state index contributed by atoms with van der Waals surface area (Å²) in [4.78, 5) is 59.0. The van der Waals surface area contributed by atoms with Gasteiger partial charge in [0.2, 0.25) is 17.7 Å². The monoisotopic (exact) mass is 892 g/mol. The van der Waals surface area contributed by atoms with Crippen molar-refractivity contribution in [2.75, 3.05) is 50.6 Å². The number of rotatable bonds is 16. The van der Waals surface area contributed by atoms with Crippen LogP contribution in [0.2, 0.25) is 0 Å². The second-order valence-electron chi connectivity index (χ2n) is 14.5. The van der Waals surface area contributed by atoms with E-state index in [1.807, 2.05) is 30.3 Å². The number of methoxy groups -OCH3 is 2. The van der Waals surface area contributed by atoms with Crippen molar-refractivity contribution in [1.29, 1.82) is 0 Å². The molecule has 2 aliphatic rings. The van der Waals surface area contributed by atoms with Crippen LogP contribution in [0.3, 0.4) is 0 Å². The van der Waals surface area contributed by atoms with Gasteiger partial charge in [0.1, 0.15) is 34.9 Å². The predicted octanol–water partition coefficient (Wildman–Crippen LogP) is 5.97. The van der Waals surface area contributed by atoms with Crippen molar-refractivity contribution in [3.05, 3.63) is 120 Å². The topological polar surface area (TPSA) is 204 Å². The fourth-order valence-corrected chi connectivity index (χ4v) is 8.54. The highest BCUT2D eigenvalue weighted by Crippen LogP contribution is 2.38. The zero-order chi connectivity index (χ0) is 45.1. The van der Waals surface area contributed by atoms with Crippen LogP contribution in [0.5, 0.6) is 17.4 Å². The summed E-state index contributed by atoms with van der Waals surface area (Å²) in [6.45, 7) is 1.12. The molecule has 1 atom stereocenters. The maximum Gasteiger partial charge on any atom is 0.264 e. The lowest BCUT2D eigenvalue weighted by Gasteiger charge is -2.27. The van der Waals surface area contributed by atoms with Crippen molar-refractivity contribution in [1.82, 2.24) is 20.2 Å². The van der Waals surface area contributed by atoms with Gasteiger partial charge in [-0.25, -0.2) is 22.2 Å². The number of amides is 4. The number of hydrogen-bond acceptors (Lipinski definition) is 13. The van der Waals surface area contributed by atoms with Crippen LogP contribution in [0.1, 0.15) is 33.6 Å². The first-order chi connectivity index (χ1) is 30.8. The van der Waals surface area contributed by atoms with Gasteiger partial charge >= 0.3 is 0 Å². The number of benzene rings is 4. The lowest BCUT2D eigenvalue weighted by atomic mass is 9.97. The van der Waals surface area contributed by atoms with E-state index in [9.17, 15) is 36.4 Å². The number of carbonyl (C=O) groups is 4. The number of halogens is 2. The molecule has 4 aromatic carbocycles. The number of nitrogens with zero attached hydrogens (tertiary/aromatic N) is 3. The van der Waals surface area contributed by atoms with E-state index in [2.05, 4.69) is 25.3 Å². The first-order valence-electron chi connectivity index (χ1n) is 19.7. The van der Waals surface area contributed by atoms with Crippen molar-refractivity contribution >= 4 is 55.9 Å². The molecule has 8 rings (SSSR count). The van der Waals surface area contributed by atoms with Crippen LogP contribution >= 0.6 is 0 Å². The van der Waals surface area contributed by atoms with Gasteiger partial charge in [-0.05, 0) is 89.8 Å². The Balaban J connectivity index is 0.888. The molecule has 16 nitrogen and oxygen atoms in total. The molecule has 2 aromatic heterocycles. The van der Waals surface area contributed by atoms with E-state index in [-0.39, 0.29) is 48.7 Å².